The number of hydrogen-bond donors (Lipinski definition) is 1. The van der Waals surface area contributed by atoms with Gasteiger partial charge < -0.3 is 5.11 Å². The van der Waals surface area contributed by atoms with Crippen molar-refractivity contribution in [3.8, 4) is 0 Å². The second kappa shape index (κ2) is 7.10. The van der Waals surface area contributed by atoms with Crippen LogP contribution in [0.3, 0.4) is 0 Å². The van der Waals surface area contributed by atoms with Gasteiger partial charge in [0.25, 0.3) is 0 Å². The lowest BCUT2D eigenvalue weighted by Gasteiger charge is -1.87. The molecule has 0 saturated heterocycles. The van der Waals surface area contributed by atoms with Gasteiger partial charge in [-0.15, -0.1) is 0 Å². The highest BCUT2D eigenvalue weighted by Crippen LogP contribution is 1.99. The van der Waals surface area contributed by atoms with E-state index < -0.39 is 5.97 Å². The number of hydrogen-bond acceptors (Lipinski definition) is 1. The van der Waals surface area contributed by atoms with Gasteiger partial charge in [-0.05, 0) is 11.6 Å². The average Bonchev–Trinajstić information content (AvgIpc) is 2.19. The molecule has 0 amide bonds. The zero-order chi connectivity index (χ0) is 10.1. The molecule has 0 fully saturated rings. The van der Waals surface area contributed by atoms with E-state index in [1.165, 1.54) is 0 Å². The summed E-state index contributed by atoms with van der Waals surface area (Å²) >= 11 is 0. The zero-order valence-electron chi connectivity index (χ0n) is 7.90. The van der Waals surface area contributed by atoms with Gasteiger partial charge in [-0.3, -0.25) is 0 Å². The molecule has 0 bridgehead atoms. The predicted molar refractivity (Wildman–Crippen MR) is 54.5 cm³/mol. The highest BCUT2D eigenvalue weighted by atomic mass is 16.4. The van der Waals surface area contributed by atoms with E-state index in [-0.39, 0.29) is 0 Å². The van der Waals surface area contributed by atoms with Crippen LogP contribution in [0.1, 0.15) is 19.4 Å². The minimum atomic E-state index is -0.922. The van der Waals surface area contributed by atoms with Crippen molar-refractivity contribution in [3.05, 3.63) is 42.0 Å². The van der Waals surface area contributed by atoms with Crippen molar-refractivity contribution < 1.29 is 9.90 Å². The Labute approximate surface area is 78.5 Å². The summed E-state index contributed by atoms with van der Waals surface area (Å²) in [4.78, 5) is 10.1. The van der Waals surface area contributed by atoms with Crippen LogP contribution in [0.25, 0.3) is 6.08 Å². The molecule has 2 heteroatoms. The lowest BCUT2D eigenvalue weighted by Crippen LogP contribution is -1.85. The van der Waals surface area contributed by atoms with E-state index in [0.29, 0.717) is 0 Å². The Morgan fingerprint density at radius 3 is 2.23 bits per heavy atom. The second-order valence-electron chi connectivity index (χ2n) is 2.08. The Morgan fingerprint density at radius 1 is 1.23 bits per heavy atom. The van der Waals surface area contributed by atoms with Crippen LogP contribution in [0.4, 0.5) is 0 Å². The molecule has 13 heavy (non-hydrogen) atoms. The van der Waals surface area contributed by atoms with Gasteiger partial charge in [-0.25, -0.2) is 4.79 Å². The highest BCUT2D eigenvalue weighted by molar-refractivity contribution is 5.85. The van der Waals surface area contributed by atoms with Crippen molar-refractivity contribution in [2.45, 2.75) is 13.8 Å². The molecular weight excluding hydrogens is 164 g/mol. The summed E-state index contributed by atoms with van der Waals surface area (Å²) < 4.78 is 0. The van der Waals surface area contributed by atoms with Crippen LogP contribution in [0.15, 0.2) is 36.4 Å². The van der Waals surface area contributed by atoms with Crippen LogP contribution in [-0.2, 0) is 4.79 Å². The first kappa shape index (κ1) is 11.4. The number of carboxylic acid groups (broad SMARTS) is 1. The average molecular weight is 178 g/mol. The van der Waals surface area contributed by atoms with E-state index >= 15 is 0 Å². The summed E-state index contributed by atoms with van der Waals surface area (Å²) in [6.07, 6.45) is 2.68. The van der Waals surface area contributed by atoms with E-state index in [9.17, 15) is 4.79 Å². The summed E-state index contributed by atoms with van der Waals surface area (Å²) in [5, 5.41) is 8.29. The van der Waals surface area contributed by atoms with Crippen LogP contribution in [0, 0.1) is 0 Å². The minimum absolute atomic E-state index is 0.898. The van der Waals surface area contributed by atoms with Crippen LogP contribution in [0.5, 0.6) is 0 Å². The third-order valence-corrected chi connectivity index (χ3v) is 1.22. The molecule has 1 aromatic rings. The molecule has 1 N–H and O–H groups in total. The topological polar surface area (TPSA) is 37.3 Å². The molecule has 1 rings (SSSR count). The Bertz CT molecular complexity index is 263. The number of carbonyl (C=O) groups is 1. The van der Waals surface area contributed by atoms with E-state index in [0.717, 1.165) is 11.6 Å². The maximum absolute atomic E-state index is 10.1. The molecule has 0 unspecified atom stereocenters. The number of benzene rings is 1. The molecular formula is C11H14O2. The lowest BCUT2D eigenvalue weighted by molar-refractivity contribution is -0.131. The van der Waals surface area contributed by atoms with Crippen LogP contribution >= 0.6 is 0 Å². The van der Waals surface area contributed by atoms with Gasteiger partial charge in [0, 0.05) is 6.08 Å². The molecule has 0 saturated carbocycles. The number of carboxylic acids is 1. The normalized spacial score (nSPS) is 9.08. The van der Waals surface area contributed by atoms with Crippen LogP contribution < -0.4 is 0 Å². The van der Waals surface area contributed by atoms with E-state index in [2.05, 4.69) is 0 Å². The predicted octanol–water partition coefficient (Wildman–Crippen LogP) is 2.81. The second-order valence-corrected chi connectivity index (χ2v) is 2.08. The molecule has 0 aliphatic rings. The summed E-state index contributed by atoms with van der Waals surface area (Å²) in [5.74, 6) is -0.922. The zero-order valence-corrected chi connectivity index (χ0v) is 7.90. The Hall–Kier alpha value is -1.57. The first-order valence-corrected chi connectivity index (χ1v) is 4.25. The number of aliphatic carboxylic acids is 1. The van der Waals surface area contributed by atoms with Crippen molar-refractivity contribution in [2.24, 2.45) is 0 Å². The third-order valence-electron chi connectivity index (χ3n) is 1.22. The van der Waals surface area contributed by atoms with Crippen molar-refractivity contribution >= 4 is 12.0 Å². The third kappa shape index (κ3) is 5.67. The molecule has 0 spiro atoms. The molecule has 0 heterocycles. The van der Waals surface area contributed by atoms with Gasteiger partial charge in [0.1, 0.15) is 0 Å². The molecule has 0 aliphatic heterocycles. The van der Waals surface area contributed by atoms with Crippen molar-refractivity contribution in [2.75, 3.05) is 0 Å². The Balaban J connectivity index is 0.000000671. The first-order valence-electron chi connectivity index (χ1n) is 4.25. The lowest BCUT2D eigenvalue weighted by atomic mass is 10.2. The van der Waals surface area contributed by atoms with Gasteiger partial charge in [-0.1, -0.05) is 44.2 Å². The van der Waals surface area contributed by atoms with Crippen LogP contribution in [0.2, 0.25) is 0 Å². The van der Waals surface area contributed by atoms with E-state index in [1.54, 1.807) is 6.08 Å². The molecule has 1 aromatic carbocycles. The van der Waals surface area contributed by atoms with Gasteiger partial charge in [0.15, 0.2) is 0 Å². The monoisotopic (exact) mass is 178 g/mol. The van der Waals surface area contributed by atoms with Gasteiger partial charge >= 0.3 is 5.97 Å². The molecule has 2 nitrogen and oxygen atoms in total. The fourth-order valence-corrected chi connectivity index (χ4v) is 0.732. The standard InChI is InChI=1S/C9H8O2.C2H6/c10-9(11)7-6-8-4-2-1-3-5-8;1-2/h1-7H,(H,10,11);1-2H3/b7-6+;. The molecule has 0 aliphatic carbocycles. The summed E-state index contributed by atoms with van der Waals surface area (Å²) in [6.45, 7) is 4.00. The summed E-state index contributed by atoms with van der Waals surface area (Å²) in [6, 6.07) is 9.31. The van der Waals surface area contributed by atoms with Crippen molar-refractivity contribution in [3.63, 3.8) is 0 Å². The van der Waals surface area contributed by atoms with Crippen LogP contribution in [-0.4, -0.2) is 11.1 Å². The minimum Gasteiger partial charge on any atom is -0.478 e. The maximum atomic E-state index is 10.1. The van der Waals surface area contributed by atoms with Crippen molar-refractivity contribution in [1.82, 2.24) is 0 Å². The Kier molecular flexibility index (Phi) is 6.24. The molecule has 70 valence electrons. The van der Waals surface area contributed by atoms with Gasteiger partial charge in [-0.2, -0.15) is 0 Å². The smallest absolute Gasteiger partial charge is 0.328 e. The van der Waals surface area contributed by atoms with Crippen molar-refractivity contribution in [1.29, 1.82) is 0 Å². The van der Waals surface area contributed by atoms with E-state index in [4.69, 9.17) is 5.11 Å². The highest BCUT2D eigenvalue weighted by Gasteiger charge is 1.85. The Morgan fingerprint density at radius 2 is 1.77 bits per heavy atom. The van der Waals surface area contributed by atoms with Gasteiger partial charge in [0.05, 0.1) is 0 Å². The quantitative estimate of drug-likeness (QED) is 0.707. The molecule has 0 atom stereocenters. The first-order chi connectivity index (χ1) is 6.29. The van der Waals surface area contributed by atoms with Gasteiger partial charge in [0.2, 0.25) is 0 Å². The fraction of sp³-hybridized carbons (Fsp3) is 0.182. The molecule has 0 radical (unpaired) electrons. The SMILES string of the molecule is CC.O=C(O)/C=C/c1ccccc1. The number of rotatable bonds is 2. The largest absolute Gasteiger partial charge is 0.478 e. The summed E-state index contributed by atoms with van der Waals surface area (Å²) in [5.41, 5.74) is 0.898. The maximum Gasteiger partial charge on any atom is 0.328 e. The molecule has 0 aromatic heterocycles. The van der Waals surface area contributed by atoms with E-state index in [1.807, 2.05) is 44.2 Å². The summed E-state index contributed by atoms with van der Waals surface area (Å²) in [7, 11) is 0. The fourth-order valence-electron chi connectivity index (χ4n) is 0.732.